The van der Waals surface area contributed by atoms with Crippen molar-refractivity contribution in [2.75, 3.05) is 27.4 Å². The molecule has 1 amide bonds. The molecule has 0 atom stereocenters. The number of ether oxygens (including phenoxy) is 4. The Bertz CT molecular complexity index is 1510. The number of nitrogens with one attached hydrogen (secondary N) is 1. The van der Waals surface area contributed by atoms with Crippen LogP contribution >= 0.6 is 11.8 Å². The zero-order chi connectivity index (χ0) is 27.4. The summed E-state index contributed by atoms with van der Waals surface area (Å²) in [6, 6.07) is 20.5. The maximum absolute atomic E-state index is 12.8. The maximum Gasteiger partial charge on any atom is 0.283 e. The highest BCUT2D eigenvalue weighted by molar-refractivity contribution is 8.27. The molecule has 0 spiro atoms. The van der Waals surface area contributed by atoms with Crippen LogP contribution in [0, 0.1) is 12.3 Å². The van der Waals surface area contributed by atoms with Gasteiger partial charge in [-0.15, -0.1) is 0 Å². The normalized spacial score (nSPS) is 15.6. The van der Waals surface area contributed by atoms with E-state index in [1.165, 1.54) is 16.8 Å². The average molecular weight is 543 g/mol. The molecule has 0 aliphatic carbocycles. The van der Waals surface area contributed by atoms with Crippen molar-refractivity contribution in [1.29, 1.82) is 5.41 Å². The van der Waals surface area contributed by atoms with E-state index in [0.717, 1.165) is 11.1 Å². The Balaban J connectivity index is 1.27. The average Bonchev–Trinajstić information content (AvgIpc) is 3.38. The number of aryl methyl sites for hydroxylation is 1. The number of thioether (sulfide) groups is 1. The molecule has 0 saturated heterocycles. The molecule has 9 nitrogen and oxygen atoms in total. The van der Waals surface area contributed by atoms with Crippen LogP contribution in [-0.2, 0) is 4.79 Å². The Morgan fingerprint density at radius 2 is 1.69 bits per heavy atom. The summed E-state index contributed by atoms with van der Waals surface area (Å²) in [4.78, 5) is 17.0. The van der Waals surface area contributed by atoms with Gasteiger partial charge in [0.15, 0.2) is 17.3 Å². The number of fused-ring (bicyclic) bond motifs is 1. The fourth-order valence-corrected chi connectivity index (χ4v) is 4.76. The lowest BCUT2D eigenvalue weighted by molar-refractivity contribution is -0.114. The summed E-state index contributed by atoms with van der Waals surface area (Å²) in [5.74, 6) is 1.89. The third kappa shape index (κ3) is 5.80. The van der Waals surface area contributed by atoms with Crippen molar-refractivity contribution in [3.05, 3.63) is 89.0 Å². The summed E-state index contributed by atoms with van der Waals surface area (Å²) >= 11 is 1.27. The summed E-state index contributed by atoms with van der Waals surface area (Å²) in [5.41, 5.74) is 2.84. The third-order valence-corrected chi connectivity index (χ3v) is 6.86. The van der Waals surface area contributed by atoms with Gasteiger partial charge in [-0.25, -0.2) is 0 Å². The van der Waals surface area contributed by atoms with Gasteiger partial charge in [-0.3, -0.25) is 10.2 Å². The van der Waals surface area contributed by atoms with Crippen LogP contribution in [0.15, 0.2) is 82.4 Å². The Morgan fingerprint density at radius 3 is 2.46 bits per heavy atom. The minimum atomic E-state index is -0.493. The highest BCUT2D eigenvalue weighted by Gasteiger charge is 2.36. The molecule has 0 unspecified atom stereocenters. The van der Waals surface area contributed by atoms with Gasteiger partial charge in [-0.2, -0.15) is 15.1 Å². The van der Waals surface area contributed by atoms with Crippen LogP contribution in [0.5, 0.6) is 23.0 Å². The molecule has 2 aliphatic rings. The molecule has 39 heavy (non-hydrogen) atoms. The first-order chi connectivity index (χ1) is 18.9. The van der Waals surface area contributed by atoms with Crippen molar-refractivity contribution < 1.29 is 23.7 Å². The Kier molecular flexibility index (Phi) is 7.64. The van der Waals surface area contributed by atoms with E-state index in [4.69, 9.17) is 24.4 Å². The van der Waals surface area contributed by atoms with E-state index in [0.29, 0.717) is 52.0 Å². The predicted molar refractivity (Wildman–Crippen MR) is 152 cm³/mol. The van der Waals surface area contributed by atoms with E-state index in [2.05, 4.69) is 10.1 Å². The Hall–Kier alpha value is -4.57. The maximum atomic E-state index is 12.8. The minimum Gasteiger partial charge on any atom is -0.497 e. The second kappa shape index (κ2) is 11.4. The van der Waals surface area contributed by atoms with E-state index in [9.17, 15) is 4.79 Å². The number of hydrazone groups is 1. The number of hydrogen-bond donors (Lipinski definition) is 1. The van der Waals surface area contributed by atoms with Gasteiger partial charge in [0, 0.05) is 11.6 Å². The zero-order valence-electron chi connectivity index (χ0n) is 21.6. The number of methoxy groups -OCH3 is 2. The zero-order valence-corrected chi connectivity index (χ0v) is 22.5. The lowest BCUT2D eigenvalue weighted by Gasteiger charge is -2.20. The number of rotatable bonds is 9. The molecule has 0 radical (unpaired) electrons. The number of hydrogen-bond acceptors (Lipinski definition) is 8. The first kappa shape index (κ1) is 26.1. The van der Waals surface area contributed by atoms with Gasteiger partial charge < -0.3 is 18.9 Å². The largest absolute Gasteiger partial charge is 0.497 e. The summed E-state index contributed by atoms with van der Waals surface area (Å²) in [6.07, 6.45) is 1.60. The van der Waals surface area contributed by atoms with E-state index in [1.807, 2.05) is 49.4 Å². The molecule has 2 heterocycles. The van der Waals surface area contributed by atoms with E-state index < -0.39 is 5.91 Å². The molecule has 198 valence electrons. The second-order valence-electron chi connectivity index (χ2n) is 8.58. The number of benzene rings is 3. The molecule has 3 aromatic rings. The van der Waals surface area contributed by atoms with Gasteiger partial charge >= 0.3 is 0 Å². The second-order valence-corrected chi connectivity index (χ2v) is 9.53. The van der Waals surface area contributed by atoms with Gasteiger partial charge in [0.05, 0.1) is 19.8 Å². The molecule has 10 heteroatoms. The van der Waals surface area contributed by atoms with Crippen LogP contribution in [0.25, 0.3) is 6.08 Å². The number of aliphatic imine (C=N–C) groups is 1. The van der Waals surface area contributed by atoms with Crippen molar-refractivity contribution in [2.45, 2.75) is 6.92 Å². The topological polar surface area (TPSA) is 106 Å². The first-order valence-corrected chi connectivity index (χ1v) is 12.9. The molecule has 0 fully saturated rings. The molecule has 2 aliphatic heterocycles. The standard InChI is InChI=1S/C29H26N4O5S/c1-18-7-10-20(11-8-18)28-32-33-26(30)23(27(34)31-29(33)39-28)15-19-9-12-24(25(16-19)36-3)38-14-13-37-22-6-4-5-21(17-22)35-2/h4-12,15-17,30H,13-14H2,1-3H3/b23-15-,30-26?. The molecule has 0 saturated carbocycles. The van der Waals surface area contributed by atoms with Crippen LogP contribution in [0.4, 0.5) is 0 Å². The Labute approximate surface area is 230 Å². The minimum absolute atomic E-state index is 0.0337. The van der Waals surface area contributed by atoms with Crippen LogP contribution in [0.1, 0.15) is 16.7 Å². The highest BCUT2D eigenvalue weighted by Crippen LogP contribution is 2.33. The fourth-order valence-electron chi connectivity index (χ4n) is 3.87. The summed E-state index contributed by atoms with van der Waals surface area (Å²) < 4.78 is 22.3. The van der Waals surface area contributed by atoms with Crippen molar-refractivity contribution in [1.82, 2.24) is 5.01 Å². The number of carbonyl (C=O) groups excluding carboxylic acids is 1. The molecule has 5 rings (SSSR count). The van der Waals surface area contributed by atoms with Crippen molar-refractivity contribution in [3.63, 3.8) is 0 Å². The molecule has 0 aromatic heterocycles. The number of amidine groups is 2. The van der Waals surface area contributed by atoms with Gasteiger partial charge in [0.25, 0.3) is 5.91 Å². The van der Waals surface area contributed by atoms with Gasteiger partial charge in [-0.1, -0.05) is 42.0 Å². The van der Waals surface area contributed by atoms with E-state index in [-0.39, 0.29) is 11.4 Å². The van der Waals surface area contributed by atoms with Crippen LogP contribution in [-0.4, -0.2) is 54.4 Å². The Morgan fingerprint density at radius 1 is 0.923 bits per heavy atom. The van der Waals surface area contributed by atoms with Crippen molar-refractivity contribution in [2.24, 2.45) is 10.1 Å². The van der Waals surface area contributed by atoms with Gasteiger partial charge in [-0.05, 0) is 54.6 Å². The fraction of sp³-hybridized carbons (Fsp3) is 0.172. The lowest BCUT2D eigenvalue weighted by atomic mass is 10.1. The van der Waals surface area contributed by atoms with E-state index >= 15 is 0 Å². The van der Waals surface area contributed by atoms with E-state index in [1.54, 1.807) is 44.6 Å². The van der Waals surface area contributed by atoms with Crippen molar-refractivity contribution in [3.8, 4) is 23.0 Å². The smallest absolute Gasteiger partial charge is 0.283 e. The number of nitrogens with zero attached hydrogens (tertiary/aromatic N) is 3. The summed E-state index contributed by atoms with van der Waals surface area (Å²) in [7, 11) is 3.15. The molecule has 0 bridgehead atoms. The SMILES string of the molecule is COc1cccc(OCCOc2ccc(/C=C3/C(=N)N4N=C(c5ccc(C)cc5)SC4=NC3=O)cc2OC)c1. The molecule has 1 N–H and O–H groups in total. The summed E-state index contributed by atoms with van der Waals surface area (Å²) in [6.45, 7) is 2.63. The van der Waals surface area contributed by atoms with Crippen LogP contribution in [0.2, 0.25) is 0 Å². The van der Waals surface area contributed by atoms with Gasteiger partial charge in [0.2, 0.25) is 5.17 Å². The first-order valence-electron chi connectivity index (χ1n) is 12.1. The van der Waals surface area contributed by atoms with Crippen molar-refractivity contribution >= 4 is 39.8 Å². The molecule has 3 aromatic carbocycles. The van der Waals surface area contributed by atoms with Crippen LogP contribution < -0.4 is 18.9 Å². The highest BCUT2D eigenvalue weighted by atomic mass is 32.2. The van der Waals surface area contributed by atoms with Crippen LogP contribution in [0.3, 0.4) is 0 Å². The van der Waals surface area contributed by atoms with Gasteiger partial charge in [0.1, 0.15) is 29.8 Å². The number of amides is 1. The predicted octanol–water partition coefficient (Wildman–Crippen LogP) is 5.14. The third-order valence-electron chi connectivity index (χ3n) is 5.90. The molecular formula is C29H26N4O5S. The lowest BCUT2D eigenvalue weighted by Crippen LogP contribution is -2.35. The number of carbonyl (C=O) groups is 1. The molecular weight excluding hydrogens is 516 g/mol. The summed E-state index contributed by atoms with van der Waals surface area (Å²) in [5, 5.41) is 15.6. The quantitative estimate of drug-likeness (QED) is 0.295. The monoisotopic (exact) mass is 542 g/mol.